The second-order valence-electron chi connectivity index (χ2n) is 5.17. The van der Waals surface area contributed by atoms with Crippen LogP contribution in [0.15, 0.2) is 24.3 Å². The van der Waals surface area contributed by atoms with Crippen molar-refractivity contribution in [2.24, 2.45) is 0 Å². The lowest BCUT2D eigenvalue weighted by Crippen LogP contribution is -2.47. The van der Waals surface area contributed by atoms with E-state index in [0.717, 1.165) is 19.4 Å². The largest absolute Gasteiger partial charge is 0.354 e. The normalized spacial score (nSPS) is 23.0. The van der Waals surface area contributed by atoms with Crippen LogP contribution in [0.2, 0.25) is 0 Å². The summed E-state index contributed by atoms with van der Waals surface area (Å²) in [4.78, 5) is 11.8. The summed E-state index contributed by atoms with van der Waals surface area (Å²) in [5.74, 6) is -0.361. The molecule has 4 heteroatoms. The van der Waals surface area contributed by atoms with Gasteiger partial charge in [-0.05, 0) is 44.0 Å². The molecule has 98 valence electrons. The van der Waals surface area contributed by atoms with Crippen LogP contribution in [-0.4, -0.2) is 24.5 Å². The minimum Gasteiger partial charge on any atom is -0.354 e. The molecule has 1 aromatic rings. The quantitative estimate of drug-likeness (QED) is 0.852. The third kappa shape index (κ3) is 3.53. The Morgan fingerprint density at radius 1 is 1.56 bits per heavy atom. The zero-order chi connectivity index (χ0) is 13.0. The van der Waals surface area contributed by atoms with E-state index in [4.69, 9.17) is 0 Å². The van der Waals surface area contributed by atoms with Gasteiger partial charge in [0.15, 0.2) is 0 Å². The smallest absolute Gasteiger partial charge is 0.224 e. The van der Waals surface area contributed by atoms with Gasteiger partial charge in [0.1, 0.15) is 5.82 Å². The molecule has 1 saturated heterocycles. The van der Waals surface area contributed by atoms with Gasteiger partial charge < -0.3 is 10.6 Å². The number of benzene rings is 1. The SMILES string of the molecule is CC1(CNC(=O)Cc2cccc(F)c2)CCCN1. The molecule has 0 aromatic heterocycles. The summed E-state index contributed by atoms with van der Waals surface area (Å²) >= 11 is 0. The Hall–Kier alpha value is -1.42. The zero-order valence-electron chi connectivity index (χ0n) is 10.6. The summed E-state index contributed by atoms with van der Waals surface area (Å²) in [5, 5.41) is 6.30. The number of nitrogens with one attached hydrogen (secondary N) is 2. The van der Waals surface area contributed by atoms with E-state index in [0.29, 0.717) is 12.1 Å². The fourth-order valence-corrected chi connectivity index (χ4v) is 2.30. The van der Waals surface area contributed by atoms with Gasteiger partial charge in [-0.15, -0.1) is 0 Å². The van der Waals surface area contributed by atoms with Crippen molar-refractivity contribution in [3.05, 3.63) is 35.6 Å². The number of halogens is 1. The van der Waals surface area contributed by atoms with Gasteiger partial charge in [-0.3, -0.25) is 4.79 Å². The molecule has 0 aliphatic carbocycles. The Kier molecular flexibility index (Phi) is 3.97. The van der Waals surface area contributed by atoms with Crippen molar-refractivity contribution in [1.82, 2.24) is 10.6 Å². The van der Waals surface area contributed by atoms with Crippen molar-refractivity contribution in [2.45, 2.75) is 31.7 Å². The highest BCUT2D eigenvalue weighted by Crippen LogP contribution is 2.17. The van der Waals surface area contributed by atoms with E-state index in [9.17, 15) is 9.18 Å². The van der Waals surface area contributed by atoms with Crippen LogP contribution < -0.4 is 10.6 Å². The van der Waals surface area contributed by atoms with Crippen LogP contribution in [0.25, 0.3) is 0 Å². The summed E-state index contributed by atoms with van der Waals surface area (Å²) in [6.07, 6.45) is 2.46. The van der Waals surface area contributed by atoms with Gasteiger partial charge in [-0.1, -0.05) is 12.1 Å². The minimum atomic E-state index is -0.301. The van der Waals surface area contributed by atoms with E-state index in [-0.39, 0.29) is 23.7 Å². The van der Waals surface area contributed by atoms with Crippen molar-refractivity contribution in [3.8, 4) is 0 Å². The van der Waals surface area contributed by atoms with Crippen molar-refractivity contribution in [2.75, 3.05) is 13.1 Å². The number of carbonyl (C=O) groups is 1. The van der Waals surface area contributed by atoms with E-state index >= 15 is 0 Å². The maximum Gasteiger partial charge on any atom is 0.224 e. The highest BCUT2D eigenvalue weighted by molar-refractivity contribution is 5.78. The van der Waals surface area contributed by atoms with Crippen LogP contribution in [0.4, 0.5) is 4.39 Å². The minimum absolute atomic E-state index is 0.0115. The molecule has 0 spiro atoms. The topological polar surface area (TPSA) is 41.1 Å². The molecule has 1 atom stereocenters. The van der Waals surface area contributed by atoms with Crippen molar-refractivity contribution >= 4 is 5.91 Å². The molecule has 1 aliphatic rings. The van der Waals surface area contributed by atoms with Crippen LogP contribution in [0.3, 0.4) is 0 Å². The fourth-order valence-electron chi connectivity index (χ4n) is 2.30. The highest BCUT2D eigenvalue weighted by atomic mass is 19.1. The number of hydrogen-bond acceptors (Lipinski definition) is 2. The first-order valence-corrected chi connectivity index (χ1v) is 6.34. The Labute approximate surface area is 107 Å². The zero-order valence-corrected chi connectivity index (χ0v) is 10.6. The molecule has 1 fully saturated rings. The molecule has 0 saturated carbocycles. The maximum absolute atomic E-state index is 13.0. The molecule has 1 heterocycles. The van der Waals surface area contributed by atoms with Crippen LogP contribution in [-0.2, 0) is 11.2 Å². The van der Waals surface area contributed by atoms with Gasteiger partial charge in [0.2, 0.25) is 5.91 Å². The average molecular weight is 250 g/mol. The molecular formula is C14H19FN2O. The predicted molar refractivity (Wildman–Crippen MR) is 68.8 cm³/mol. The van der Waals surface area contributed by atoms with Gasteiger partial charge in [-0.25, -0.2) is 4.39 Å². The van der Waals surface area contributed by atoms with Crippen molar-refractivity contribution in [3.63, 3.8) is 0 Å². The van der Waals surface area contributed by atoms with Crippen LogP contribution in [0, 0.1) is 5.82 Å². The molecular weight excluding hydrogens is 231 g/mol. The summed E-state index contributed by atoms with van der Waals surface area (Å²) in [6.45, 7) is 3.75. The van der Waals surface area contributed by atoms with E-state index in [1.165, 1.54) is 12.1 Å². The number of amides is 1. The molecule has 1 aliphatic heterocycles. The van der Waals surface area contributed by atoms with Crippen LogP contribution in [0.1, 0.15) is 25.3 Å². The molecule has 1 unspecified atom stereocenters. The van der Waals surface area contributed by atoms with Gasteiger partial charge in [0.05, 0.1) is 6.42 Å². The molecule has 1 amide bonds. The van der Waals surface area contributed by atoms with Crippen molar-refractivity contribution < 1.29 is 9.18 Å². The molecule has 0 radical (unpaired) electrons. The summed E-state index contributed by atoms with van der Waals surface area (Å²) in [5.41, 5.74) is 0.717. The van der Waals surface area contributed by atoms with E-state index < -0.39 is 0 Å². The molecule has 0 bridgehead atoms. The second kappa shape index (κ2) is 5.48. The Morgan fingerprint density at radius 3 is 3.06 bits per heavy atom. The predicted octanol–water partition coefficient (Wildman–Crippen LogP) is 1.63. The fraction of sp³-hybridized carbons (Fsp3) is 0.500. The van der Waals surface area contributed by atoms with Gasteiger partial charge in [-0.2, -0.15) is 0 Å². The van der Waals surface area contributed by atoms with E-state index in [1.807, 2.05) is 0 Å². The summed E-state index contributed by atoms with van der Waals surface area (Å²) < 4.78 is 13.0. The first-order valence-electron chi connectivity index (χ1n) is 6.34. The van der Waals surface area contributed by atoms with Crippen LogP contribution >= 0.6 is 0 Å². The Balaban J connectivity index is 1.82. The third-order valence-electron chi connectivity index (χ3n) is 3.39. The molecule has 2 N–H and O–H groups in total. The molecule has 2 rings (SSSR count). The van der Waals surface area contributed by atoms with Crippen molar-refractivity contribution in [1.29, 1.82) is 0 Å². The third-order valence-corrected chi connectivity index (χ3v) is 3.39. The second-order valence-corrected chi connectivity index (χ2v) is 5.17. The first-order chi connectivity index (χ1) is 8.57. The number of hydrogen-bond donors (Lipinski definition) is 2. The highest BCUT2D eigenvalue weighted by Gasteiger charge is 2.28. The monoisotopic (exact) mass is 250 g/mol. The van der Waals surface area contributed by atoms with Gasteiger partial charge in [0.25, 0.3) is 0 Å². The lowest BCUT2D eigenvalue weighted by molar-refractivity contribution is -0.120. The lowest BCUT2D eigenvalue weighted by Gasteiger charge is -2.24. The lowest BCUT2D eigenvalue weighted by atomic mass is 10.0. The molecule has 1 aromatic carbocycles. The maximum atomic E-state index is 13.0. The van der Waals surface area contributed by atoms with E-state index in [2.05, 4.69) is 17.6 Å². The first kappa shape index (κ1) is 13.0. The molecule has 3 nitrogen and oxygen atoms in total. The standard InChI is InChI=1S/C14H19FN2O/c1-14(6-3-7-17-14)10-16-13(18)9-11-4-2-5-12(15)8-11/h2,4-5,8,17H,3,6-7,9-10H2,1H3,(H,16,18). The Morgan fingerprint density at radius 2 is 2.39 bits per heavy atom. The summed E-state index contributed by atoms with van der Waals surface area (Å²) in [6, 6.07) is 6.16. The van der Waals surface area contributed by atoms with Crippen LogP contribution in [0.5, 0.6) is 0 Å². The summed E-state index contributed by atoms with van der Waals surface area (Å²) in [7, 11) is 0. The molecule has 18 heavy (non-hydrogen) atoms. The Bertz CT molecular complexity index is 428. The van der Waals surface area contributed by atoms with Gasteiger partial charge >= 0.3 is 0 Å². The average Bonchev–Trinajstić information content (AvgIpc) is 2.74. The van der Waals surface area contributed by atoms with Gasteiger partial charge in [0, 0.05) is 12.1 Å². The number of carbonyl (C=O) groups excluding carboxylic acids is 1. The number of rotatable bonds is 4. The van der Waals surface area contributed by atoms with E-state index in [1.54, 1.807) is 12.1 Å².